The summed E-state index contributed by atoms with van der Waals surface area (Å²) < 4.78 is 0. The second-order valence-electron chi connectivity index (χ2n) is 6.90. The Morgan fingerprint density at radius 1 is 1.35 bits per heavy atom. The van der Waals surface area contributed by atoms with E-state index in [9.17, 15) is 14.4 Å². The van der Waals surface area contributed by atoms with Crippen LogP contribution < -0.4 is 21.9 Å². The summed E-state index contributed by atoms with van der Waals surface area (Å²) in [6.07, 6.45) is 5.08. The van der Waals surface area contributed by atoms with Gasteiger partial charge in [0.1, 0.15) is 11.6 Å². The van der Waals surface area contributed by atoms with Gasteiger partial charge in [-0.1, -0.05) is 12.8 Å². The minimum absolute atomic E-state index is 0.0693. The van der Waals surface area contributed by atoms with Gasteiger partial charge in [0, 0.05) is 38.2 Å². The Labute approximate surface area is 151 Å². The van der Waals surface area contributed by atoms with E-state index in [-0.39, 0.29) is 29.6 Å². The number of rotatable bonds is 6. The topological polar surface area (TPSA) is 133 Å². The maximum absolute atomic E-state index is 12.3. The molecule has 1 atom stereocenters. The highest BCUT2D eigenvalue weighted by Crippen LogP contribution is 2.26. The number of aromatic nitrogens is 2. The van der Waals surface area contributed by atoms with Gasteiger partial charge in [-0.25, -0.2) is 4.98 Å². The molecule has 1 saturated carbocycles. The number of aromatic amines is 1. The molecule has 2 amide bonds. The fraction of sp³-hybridized carbons (Fsp3) is 0.647. The van der Waals surface area contributed by atoms with Crippen LogP contribution in [0.2, 0.25) is 0 Å². The third-order valence-corrected chi connectivity index (χ3v) is 5.04. The third kappa shape index (κ3) is 4.60. The molecule has 5 N–H and O–H groups in total. The number of nitrogens with zero attached hydrogens (tertiary/aromatic N) is 2. The first-order valence-electron chi connectivity index (χ1n) is 9.19. The molecule has 1 aromatic rings. The van der Waals surface area contributed by atoms with Crippen LogP contribution in [0.1, 0.15) is 37.9 Å². The van der Waals surface area contributed by atoms with Gasteiger partial charge in [-0.3, -0.25) is 19.3 Å². The lowest BCUT2D eigenvalue weighted by molar-refractivity contribution is -0.135. The summed E-state index contributed by atoms with van der Waals surface area (Å²) in [7, 11) is 0. The summed E-state index contributed by atoms with van der Waals surface area (Å²) in [6.45, 7) is 1.76. The maximum Gasteiger partial charge on any atom is 0.252 e. The molecule has 1 aliphatic heterocycles. The first-order valence-corrected chi connectivity index (χ1v) is 9.19. The number of nitrogen functional groups attached to an aromatic ring is 1. The molecule has 0 unspecified atom stereocenters. The van der Waals surface area contributed by atoms with Crippen molar-refractivity contribution >= 4 is 17.6 Å². The highest BCUT2D eigenvalue weighted by Gasteiger charge is 2.36. The highest BCUT2D eigenvalue weighted by atomic mass is 16.2. The minimum atomic E-state index is -0.405. The van der Waals surface area contributed by atoms with Crippen molar-refractivity contribution in [2.24, 2.45) is 0 Å². The lowest BCUT2D eigenvalue weighted by Crippen LogP contribution is -2.59. The zero-order valence-electron chi connectivity index (χ0n) is 14.8. The first kappa shape index (κ1) is 18.4. The standard InChI is InChI=1S/C17H26N6O3/c18-13-10-16(25)22-14(21-13)5-6-19-15(24)9-12-17(26)20-7-8-23(12)11-3-1-2-4-11/h10-12H,1-9H2,(H,19,24)(H,20,26)(H3,18,21,22,25)/t12-/m1/s1. The molecule has 2 heterocycles. The van der Waals surface area contributed by atoms with E-state index in [0.717, 1.165) is 19.4 Å². The molecule has 1 aliphatic carbocycles. The van der Waals surface area contributed by atoms with Crippen LogP contribution in [0.5, 0.6) is 0 Å². The van der Waals surface area contributed by atoms with Crippen LogP contribution in [-0.4, -0.2) is 58.4 Å². The van der Waals surface area contributed by atoms with E-state index in [0.29, 0.717) is 31.4 Å². The molecule has 0 aromatic carbocycles. The number of carbonyl (C=O) groups excluding carboxylic acids is 2. The first-order chi connectivity index (χ1) is 12.5. The molecule has 0 spiro atoms. The van der Waals surface area contributed by atoms with E-state index in [1.54, 1.807) is 0 Å². The summed E-state index contributed by atoms with van der Waals surface area (Å²) in [5.41, 5.74) is 5.22. The fourth-order valence-electron chi connectivity index (χ4n) is 3.83. The lowest BCUT2D eigenvalue weighted by Gasteiger charge is -2.38. The van der Waals surface area contributed by atoms with Crippen LogP contribution in [0.3, 0.4) is 0 Å². The predicted octanol–water partition coefficient (Wildman–Crippen LogP) is -0.856. The number of hydrogen-bond acceptors (Lipinski definition) is 6. The normalized spacial score (nSPS) is 21.5. The number of nitrogens with one attached hydrogen (secondary N) is 3. The van der Waals surface area contributed by atoms with Gasteiger partial charge in [0.15, 0.2) is 0 Å². The van der Waals surface area contributed by atoms with Crippen LogP contribution in [-0.2, 0) is 16.0 Å². The predicted molar refractivity (Wildman–Crippen MR) is 96.4 cm³/mol. The molecule has 9 heteroatoms. The molecule has 2 aliphatic rings. The number of nitrogens with two attached hydrogens (primary N) is 1. The van der Waals surface area contributed by atoms with Crippen molar-refractivity contribution in [3.8, 4) is 0 Å². The summed E-state index contributed by atoms with van der Waals surface area (Å²) in [6, 6.07) is 1.21. The van der Waals surface area contributed by atoms with E-state index in [4.69, 9.17) is 5.73 Å². The summed E-state index contributed by atoms with van der Waals surface area (Å²) in [4.78, 5) is 44.7. The number of hydrogen-bond donors (Lipinski definition) is 4. The molecule has 2 fully saturated rings. The van der Waals surface area contributed by atoms with Crippen molar-refractivity contribution in [1.29, 1.82) is 0 Å². The third-order valence-electron chi connectivity index (χ3n) is 5.04. The second-order valence-corrected chi connectivity index (χ2v) is 6.90. The quantitative estimate of drug-likeness (QED) is 0.521. The zero-order valence-corrected chi connectivity index (χ0v) is 14.8. The molecule has 0 radical (unpaired) electrons. The number of anilines is 1. The Bertz CT molecular complexity index is 713. The zero-order chi connectivity index (χ0) is 18.5. The molecule has 9 nitrogen and oxygen atoms in total. The van der Waals surface area contributed by atoms with Crippen molar-refractivity contribution in [2.45, 2.75) is 50.6 Å². The molecular formula is C17H26N6O3. The molecule has 1 saturated heterocycles. The van der Waals surface area contributed by atoms with Crippen molar-refractivity contribution in [2.75, 3.05) is 25.4 Å². The minimum Gasteiger partial charge on any atom is -0.383 e. The molecule has 142 valence electrons. The van der Waals surface area contributed by atoms with Gasteiger partial charge in [-0.2, -0.15) is 0 Å². The Hall–Kier alpha value is -2.42. The fourth-order valence-corrected chi connectivity index (χ4v) is 3.83. The van der Waals surface area contributed by atoms with Crippen LogP contribution >= 0.6 is 0 Å². The Morgan fingerprint density at radius 2 is 2.12 bits per heavy atom. The van der Waals surface area contributed by atoms with E-state index in [1.165, 1.54) is 18.9 Å². The maximum atomic E-state index is 12.3. The SMILES string of the molecule is Nc1cc(=O)[nH]c(CCNC(=O)C[C@@H]2C(=O)NCCN2C2CCCC2)n1. The van der Waals surface area contributed by atoms with Gasteiger partial charge in [-0.15, -0.1) is 0 Å². The smallest absolute Gasteiger partial charge is 0.252 e. The summed E-state index contributed by atoms with van der Waals surface area (Å²) >= 11 is 0. The van der Waals surface area contributed by atoms with Crippen LogP contribution in [0.25, 0.3) is 0 Å². The number of amides is 2. The van der Waals surface area contributed by atoms with E-state index < -0.39 is 6.04 Å². The highest BCUT2D eigenvalue weighted by molar-refractivity contribution is 5.88. The van der Waals surface area contributed by atoms with Gasteiger partial charge in [-0.05, 0) is 12.8 Å². The Morgan fingerprint density at radius 3 is 2.85 bits per heavy atom. The van der Waals surface area contributed by atoms with Crippen molar-refractivity contribution in [3.63, 3.8) is 0 Å². The molecule has 0 bridgehead atoms. The van der Waals surface area contributed by atoms with E-state index in [1.807, 2.05) is 0 Å². The summed E-state index contributed by atoms with van der Waals surface area (Å²) in [5, 5.41) is 5.66. The second kappa shape index (κ2) is 8.31. The molecular weight excluding hydrogens is 336 g/mol. The van der Waals surface area contributed by atoms with Crippen LogP contribution in [0, 0.1) is 0 Å². The van der Waals surface area contributed by atoms with Crippen molar-refractivity contribution in [3.05, 3.63) is 22.2 Å². The average Bonchev–Trinajstić information content (AvgIpc) is 3.10. The van der Waals surface area contributed by atoms with Gasteiger partial charge in [0.05, 0.1) is 12.5 Å². The molecule has 26 heavy (non-hydrogen) atoms. The summed E-state index contributed by atoms with van der Waals surface area (Å²) in [5.74, 6) is 0.334. The van der Waals surface area contributed by atoms with Crippen molar-refractivity contribution in [1.82, 2.24) is 25.5 Å². The molecule has 3 rings (SSSR count). The van der Waals surface area contributed by atoms with E-state index in [2.05, 4.69) is 25.5 Å². The largest absolute Gasteiger partial charge is 0.383 e. The monoisotopic (exact) mass is 362 g/mol. The van der Waals surface area contributed by atoms with Crippen molar-refractivity contribution < 1.29 is 9.59 Å². The van der Waals surface area contributed by atoms with Crippen LogP contribution in [0.15, 0.2) is 10.9 Å². The number of carbonyl (C=O) groups is 2. The van der Waals surface area contributed by atoms with Gasteiger partial charge >= 0.3 is 0 Å². The van der Waals surface area contributed by atoms with Gasteiger partial charge in [0.25, 0.3) is 5.56 Å². The average molecular weight is 362 g/mol. The van der Waals surface area contributed by atoms with E-state index >= 15 is 0 Å². The molecule has 1 aromatic heterocycles. The Balaban J connectivity index is 1.52. The lowest BCUT2D eigenvalue weighted by atomic mass is 10.0. The van der Waals surface area contributed by atoms with Gasteiger partial charge < -0.3 is 21.4 Å². The Kier molecular flexibility index (Phi) is 5.87. The van der Waals surface area contributed by atoms with Crippen LogP contribution in [0.4, 0.5) is 5.82 Å². The number of H-pyrrole nitrogens is 1. The van der Waals surface area contributed by atoms with Gasteiger partial charge in [0.2, 0.25) is 11.8 Å². The number of piperazine rings is 1.